The van der Waals surface area contributed by atoms with E-state index in [0.29, 0.717) is 53.0 Å². The van der Waals surface area contributed by atoms with E-state index >= 15 is 0 Å². The summed E-state index contributed by atoms with van der Waals surface area (Å²) < 4.78 is 25.0. The van der Waals surface area contributed by atoms with Crippen LogP contribution < -0.4 is 0 Å². The van der Waals surface area contributed by atoms with Crippen LogP contribution in [-0.4, -0.2) is 34.7 Å². The third-order valence-corrected chi connectivity index (χ3v) is 7.84. The molecule has 2 atom stereocenters. The summed E-state index contributed by atoms with van der Waals surface area (Å²) in [7, 11) is 0. The zero-order valence-electron chi connectivity index (χ0n) is 16.7. The average Bonchev–Trinajstić information content (AvgIpc) is 3.30. The zero-order valence-corrected chi connectivity index (χ0v) is 18.2. The van der Waals surface area contributed by atoms with Gasteiger partial charge in [0, 0.05) is 35.4 Å². The summed E-state index contributed by atoms with van der Waals surface area (Å²) >= 11 is 12.9. The SMILES string of the molecule is Clc1cncc(Cl)c1-c1noc(C2CC2)c1COC12CCC[C@@H](CC1)C21OCCO1. The Labute approximate surface area is 185 Å². The number of halogens is 2. The van der Waals surface area contributed by atoms with Crippen molar-refractivity contribution in [3.05, 3.63) is 33.8 Å². The summed E-state index contributed by atoms with van der Waals surface area (Å²) in [6, 6.07) is 0. The molecule has 160 valence electrons. The Hall–Kier alpha value is -1.18. The highest BCUT2D eigenvalue weighted by Gasteiger charge is 2.66. The lowest BCUT2D eigenvalue weighted by atomic mass is 9.79. The molecule has 0 radical (unpaired) electrons. The summed E-state index contributed by atoms with van der Waals surface area (Å²) in [5.74, 6) is 1.08. The van der Waals surface area contributed by atoms with Crippen molar-refractivity contribution in [3.8, 4) is 11.3 Å². The molecule has 1 unspecified atom stereocenters. The third kappa shape index (κ3) is 2.81. The van der Waals surface area contributed by atoms with E-state index in [1.807, 2.05) is 0 Å². The largest absolute Gasteiger partial charge is 0.364 e. The monoisotopic (exact) mass is 450 g/mol. The van der Waals surface area contributed by atoms with E-state index in [-0.39, 0.29) is 0 Å². The molecule has 0 amide bonds. The van der Waals surface area contributed by atoms with Crippen LogP contribution >= 0.6 is 23.2 Å². The van der Waals surface area contributed by atoms with Gasteiger partial charge in [0.05, 0.1) is 29.9 Å². The van der Waals surface area contributed by atoms with Crippen LogP contribution in [0.5, 0.6) is 0 Å². The van der Waals surface area contributed by atoms with E-state index < -0.39 is 11.4 Å². The number of hydrogen-bond acceptors (Lipinski definition) is 6. The van der Waals surface area contributed by atoms with Crippen molar-refractivity contribution in [1.82, 2.24) is 10.1 Å². The van der Waals surface area contributed by atoms with Crippen LogP contribution in [0.25, 0.3) is 11.3 Å². The van der Waals surface area contributed by atoms with E-state index in [2.05, 4.69) is 10.1 Å². The maximum atomic E-state index is 6.75. The lowest BCUT2D eigenvalue weighted by Crippen LogP contribution is -2.58. The molecule has 30 heavy (non-hydrogen) atoms. The lowest BCUT2D eigenvalue weighted by Gasteiger charge is -2.47. The van der Waals surface area contributed by atoms with Gasteiger partial charge in [-0.2, -0.15) is 0 Å². The summed E-state index contributed by atoms with van der Waals surface area (Å²) in [5.41, 5.74) is 1.81. The normalized spacial score (nSPS) is 29.7. The van der Waals surface area contributed by atoms with Gasteiger partial charge in [-0.3, -0.25) is 4.98 Å². The van der Waals surface area contributed by atoms with Gasteiger partial charge in [-0.05, 0) is 44.9 Å². The third-order valence-electron chi connectivity index (χ3n) is 7.27. The highest BCUT2D eigenvalue weighted by molar-refractivity contribution is 6.38. The van der Waals surface area contributed by atoms with Crippen molar-refractivity contribution in [2.45, 2.75) is 68.9 Å². The van der Waals surface area contributed by atoms with Crippen molar-refractivity contribution in [2.24, 2.45) is 5.92 Å². The molecule has 8 heteroatoms. The summed E-state index contributed by atoms with van der Waals surface area (Å²) in [4.78, 5) is 4.06. The van der Waals surface area contributed by atoms with Crippen molar-refractivity contribution >= 4 is 23.2 Å². The first-order valence-corrected chi connectivity index (χ1v) is 11.6. The minimum Gasteiger partial charge on any atom is -0.364 e. The molecule has 3 aliphatic carbocycles. The van der Waals surface area contributed by atoms with Gasteiger partial charge in [0.1, 0.15) is 17.1 Å². The maximum absolute atomic E-state index is 6.75. The highest BCUT2D eigenvalue weighted by Crippen LogP contribution is 2.59. The Balaban J connectivity index is 1.37. The second-order valence-corrected chi connectivity index (χ2v) is 9.72. The lowest BCUT2D eigenvalue weighted by molar-refractivity contribution is -0.303. The van der Waals surface area contributed by atoms with Gasteiger partial charge >= 0.3 is 0 Å². The maximum Gasteiger partial charge on any atom is 0.200 e. The van der Waals surface area contributed by atoms with Crippen molar-refractivity contribution in [1.29, 1.82) is 0 Å². The molecule has 0 N–H and O–H groups in total. The Morgan fingerprint density at radius 3 is 2.53 bits per heavy atom. The predicted octanol–water partition coefficient (Wildman–Crippen LogP) is 5.51. The van der Waals surface area contributed by atoms with Crippen LogP contribution in [0, 0.1) is 5.92 Å². The van der Waals surface area contributed by atoms with Crippen LogP contribution in [0.15, 0.2) is 16.9 Å². The minimum absolute atomic E-state index is 0.376. The Kier molecular flexibility index (Phi) is 4.66. The van der Waals surface area contributed by atoms with E-state index in [0.717, 1.165) is 56.3 Å². The Morgan fingerprint density at radius 2 is 1.80 bits per heavy atom. The van der Waals surface area contributed by atoms with Gasteiger partial charge < -0.3 is 18.7 Å². The summed E-state index contributed by atoms with van der Waals surface area (Å²) in [6.45, 7) is 1.65. The Bertz CT molecular complexity index is 946. The topological polar surface area (TPSA) is 66.6 Å². The van der Waals surface area contributed by atoms with Gasteiger partial charge in [0.2, 0.25) is 5.79 Å². The number of aromatic nitrogens is 2. The first kappa shape index (κ1) is 19.5. The number of nitrogens with zero attached hydrogens (tertiary/aromatic N) is 2. The second-order valence-electron chi connectivity index (χ2n) is 8.90. The van der Waals surface area contributed by atoms with Gasteiger partial charge in [0.25, 0.3) is 0 Å². The molecule has 2 bridgehead atoms. The molecule has 4 fully saturated rings. The fourth-order valence-corrected chi connectivity index (χ4v) is 6.30. The number of hydrogen-bond donors (Lipinski definition) is 0. The molecule has 6 nitrogen and oxygen atoms in total. The quantitative estimate of drug-likeness (QED) is 0.597. The molecule has 1 saturated heterocycles. The van der Waals surface area contributed by atoms with Crippen molar-refractivity contribution < 1.29 is 18.7 Å². The van der Waals surface area contributed by atoms with E-state index in [9.17, 15) is 0 Å². The highest BCUT2D eigenvalue weighted by atomic mass is 35.5. The molecule has 1 spiro atoms. The molecule has 1 aliphatic heterocycles. The smallest absolute Gasteiger partial charge is 0.200 e. The standard InChI is InChI=1S/C22H24Cl2N2O4/c23-16-10-25-11-17(24)18(16)19-15(20(30-26-19)13-3-4-13)12-29-21-6-1-2-14(5-7-21)22(21)27-8-9-28-22/h10-11,13-14H,1-9,12H2/t14-,21?/m0/s1. The first-order valence-electron chi connectivity index (χ1n) is 10.8. The van der Waals surface area contributed by atoms with E-state index in [1.54, 1.807) is 12.4 Å². The molecular formula is C22H24Cl2N2O4. The van der Waals surface area contributed by atoms with Crippen LogP contribution in [0.1, 0.15) is 62.2 Å². The molecule has 3 saturated carbocycles. The van der Waals surface area contributed by atoms with Gasteiger partial charge in [0.15, 0.2) is 0 Å². The molecular weight excluding hydrogens is 427 g/mol. The molecule has 6 rings (SSSR count). The van der Waals surface area contributed by atoms with Crippen LogP contribution in [-0.2, 0) is 20.8 Å². The van der Waals surface area contributed by atoms with Crippen molar-refractivity contribution in [3.63, 3.8) is 0 Å². The molecule has 4 aliphatic rings. The van der Waals surface area contributed by atoms with Gasteiger partial charge in [-0.1, -0.05) is 28.4 Å². The zero-order chi connectivity index (χ0) is 20.3. The van der Waals surface area contributed by atoms with Gasteiger partial charge in [-0.25, -0.2) is 0 Å². The molecule has 3 heterocycles. The molecule has 2 aromatic heterocycles. The summed E-state index contributed by atoms with van der Waals surface area (Å²) in [6.07, 6.45) is 10.6. The Morgan fingerprint density at radius 1 is 1.03 bits per heavy atom. The molecule has 2 aromatic rings. The predicted molar refractivity (Wildman–Crippen MR) is 110 cm³/mol. The number of ether oxygens (including phenoxy) is 3. The summed E-state index contributed by atoms with van der Waals surface area (Å²) in [5, 5.41) is 5.27. The fourth-order valence-electron chi connectivity index (χ4n) is 5.76. The van der Waals surface area contributed by atoms with Crippen LogP contribution in [0.2, 0.25) is 10.0 Å². The van der Waals surface area contributed by atoms with Crippen LogP contribution in [0.4, 0.5) is 0 Å². The van der Waals surface area contributed by atoms with Crippen molar-refractivity contribution in [2.75, 3.05) is 13.2 Å². The molecule has 0 aromatic carbocycles. The first-order chi connectivity index (χ1) is 14.6. The second kappa shape index (κ2) is 7.17. The minimum atomic E-state index is -0.603. The number of rotatable bonds is 5. The van der Waals surface area contributed by atoms with E-state index in [1.165, 1.54) is 0 Å². The van der Waals surface area contributed by atoms with E-state index in [4.69, 9.17) is 41.9 Å². The number of pyridine rings is 1. The van der Waals surface area contributed by atoms with Gasteiger partial charge in [-0.15, -0.1) is 0 Å². The fraction of sp³-hybridized carbons (Fsp3) is 0.636. The average molecular weight is 451 g/mol. The van der Waals surface area contributed by atoms with Crippen LogP contribution in [0.3, 0.4) is 0 Å².